The Morgan fingerprint density at radius 3 is 2.88 bits per heavy atom. The van der Waals surface area contributed by atoms with E-state index < -0.39 is 5.60 Å². The summed E-state index contributed by atoms with van der Waals surface area (Å²) in [6.45, 7) is 2.76. The summed E-state index contributed by atoms with van der Waals surface area (Å²) < 4.78 is 11.0. The quantitative estimate of drug-likeness (QED) is 0.849. The SMILES string of the molecule is CC1(c2noc(C3CCCC3O)n2)CCCO1. The first-order valence-electron chi connectivity index (χ1n) is 6.35. The van der Waals surface area contributed by atoms with Gasteiger partial charge in [-0.3, -0.25) is 0 Å². The fourth-order valence-corrected chi connectivity index (χ4v) is 2.78. The van der Waals surface area contributed by atoms with Gasteiger partial charge in [-0.05, 0) is 39.0 Å². The van der Waals surface area contributed by atoms with Crippen LogP contribution in [0, 0.1) is 0 Å². The third-order valence-corrected chi connectivity index (χ3v) is 3.93. The topological polar surface area (TPSA) is 68.4 Å². The van der Waals surface area contributed by atoms with Gasteiger partial charge in [0.2, 0.25) is 11.7 Å². The van der Waals surface area contributed by atoms with E-state index in [1.807, 2.05) is 6.92 Å². The van der Waals surface area contributed by atoms with Crippen LogP contribution in [0.15, 0.2) is 4.52 Å². The van der Waals surface area contributed by atoms with Crippen molar-refractivity contribution in [2.24, 2.45) is 0 Å². The maximum Gasteiger partial charge on any atom is 0.232 e. The summed E-state index contributed by atoms with van der Waals surface area (Å²) >= 11 is 0. The summed E-state index contributed by atoms with van der Waals surface area (Å²) in [5.41, 5.74) is -0.398. The standard InChI is InChI=1S/C12H18N2O3/c1-12(6-3-7-16-12)11-13-10(17-14-11)8-4-2-5-9(8)15/h8-9,15H,2-7H2,1H3. The third-order valence-electron chi connectivity index (χ3n) is 3.93. The zero-order valence-electron chi connectivity index (χ0n) is 10.1. The molecule has 0 aromatic carbocycles. The van der Waals surface area contributed by atoms with E-state index in [-0.39, 0.29) is 12.0 Å². The molecule has 17 heavy (non-hydrogen) atoms. The molecule has 3 atom stereocenters. The Balaban J connectivity index is 1.82. The summed E-state index contributed by atoms with van der Waals surface area (Å²) in [6, 6.07) is 0. The monoisotopic (exact) mass is 238 g/mol. The molecule has 2 fully saturated rings. The Morgan fingerprint density at radius 1 is 1.35 bits per heavy atom. The largest absolute Gasteiger partial charge is 0.392 e. The predicted octanol–water partition coefficient (Wildman–Crippen LogP) is 1.72. The van der Waals surface area contributed by atoms with Crippen LogP contribution in [-0.4, -0.2) is 28.0 Å². The van der Waals surface area contributed by atoms with Crippen LogP contribution < -0.4 is 0 Å². The van der Waals surface area contributed by atoms with Gasteiger partial charge >= 0.3 is 0 Å². The van der Waals surface area contributed by atoms with Gasteiger partial charge in [0.15, 0.2) is 0 Å². The van der Waals surface area contributed by atoms with Crippen LogP contribution in [0.2, 0.25) is 0 Å². The summed E-state index contributed by atoms with van der Waals surface area (Å²) in [6.07, 6.45) is 4.42. The molecule has 1 saturated carbocycles. The number of rotatable bonds is 2. The molecule has 3 rings (SSSR count). The van der Waals surface area contributed by atoms with Crippen molar-refractivity contribution >= 4 is 0 Å². The van der Waals surface area contributed by atoms with E-state index in [9.17, 15) is 5.11 Å². The Hall–Kier alpha value is -0.940. The van der Waals surface area contributed by atoms with Crippen LogP contribution in [0.5, 0.6) is 0 Å². The average molecular weight is 238 g/mol. The first-order chi connectivity index (χ1) is 8.19. The van der Waals surface area contributed by atoms with Crippen molar-refractivity contribution in [3.63, 3.8) is 0 Å². The van der Waals surface area contributed by atoms with Gasteiger partial charge < -0.3 is 14.4 Å². The van der Waals surface area contributed by atoms with Gasteiger partial charge in [-0.15, -0.1) is 0 Å². The van der Waals surface area contributed by atoms with Crippen LogP contribution in [0.25, 0.3) is 0 Å². The van der Waals surface area contributed by atoms with Gasteiger partial charge in [0, 0.05) is 6.61 Å². The molecule has 2 heterocycles. The first-order valence-corrected chi connectivity index (χ1v) is 6.35. The van der Waals surface area contributed by atoms with Crippen LogP contribution in [0.1, 0.15) is 56.7 Å². The van der Waals surface area contributed by atoms with Crippen molar-refractivity contribution in [2.45, 2.75) is 56.7 Å². The van der Waals surface area contributed by atoms with Gasteiger partial charge in [0.25, 0.3) is 0 Å². The minimum atomic E-state index is -0.398. The highest BCUT2D eigenvalue weighted by Gasteiger charge is 2.38. The maximum absolute atomic E-state index is 9.82. The van der Waals surface area contributed by atoms with Gasteiger partial charge in [-0.25, -0.2) is 0 Å². The molecule has 1 saturated heterocycles. The van der Waals surface area contributed by atoms with E-state index in [2.05, 4.69) is 10.1 Å². The summed E-state index contributed by atoms with van der Waals surface area (Å²) in [4.78, 5) is 4.43. The fraction of sp³-hybridized carbons (Fsp3) is 0.833. The molecule has 0 spiro atoms. The second-order valence-corrected chi connectivity index (χ2v) is 5.24. The number of ether oxygens (including phenoxy) is 1. The van der Waals surface area contributed by atoms with Crippen molar-refractivity contribution in [1.82, 2.24) is 10.1 Å². The van der Waals surface area contributed by atoms with E-state index >= 15 is 0 Å². The van der Waals surface area contributed by atoms with Crippen LogP contribution >= 0.6 is 0 Å². The van der Waals surface area contributed by atoms with Crippen molar-refractivity contribution in [1.29, 1.82) is 0 Å². The summed E-state index contributed by atoms with van der Waals surface area (Å²) in [5.74, 6) is 1.21. The third kappa shape index (κ3) is 1.87. The zero-order valence-corrected chi connectivity index (χ0v) is 10.1. The van der Waals surface area contributed by atoms with E-state index in [0.29, 0.717) is 11.7 Å². The Kier molecular flexibility index (Phi) is 2.67. The van der Waals surface area contributed by atoms with Gasteiger partial charge in [0.1, 0.15) is 5.60 Å². The van der Waals surface area contributed by atoms with Crippen LogP contribution in [0.3, 0.4) is 0 Å². The second-order valence-electron chi connectivity index (χ2n) is 5.24. The van der Waals surface area contributed by atoms with Crippen molar-refractivity contribution in [2.75, 3.05) is 6.61 Å². The Bertz CT molecular complexity index is 398. The Morgan fingerprint density at radius 2 is 2.24 bits per heavy atom. The van der Waals surface area contributed by atoms with Crippen molar-refractivity contribution < 1.29 is 14.4 Å². The van der Waals surface area contributed by atoms with Gasteiger partial charge in [-0.1, -0.05) is 5.16 Å². The molecule has 5 nitrogen and oxygen atoms in total. The van der Waals surface area contributed by atoms with Gasteiger partial charge in [0.05, 0.1) is 12.0 Å². The number of aliphatic hydroxyl groups is 1. The molecule has 1 aromatic rings. The normalized spacial score (nSPS) is 37.8. The smallest absolute Gasteiger partial charge is 0.232 e. The lowest BCUT2D eigenvalue weighted by Gasteiger charge is -2.17. The fourth-order valence-electron chi connectivity index (χ4n) is 2.78. The van der Waals surface area contributed by atoms with E-state index in [1.165, 1.54) is 0 Å². The molecule has 1 aliphatic heterocycles. The lowest BCUT2D eigenvalue weighted by molar-refractivity contribution is 0.00768. The van der Waals surface area contributed by atoms with Crippen LogP contribution in [-0.2, 0) is 10.3 Å². The lowest BCUT2D eigenvalue weighted by atomic mass is 10.0. The van der Waals surface area contributed by atoms with Crippen molar-refractivity contribution in [3.05, 3.63) is 11.7 Å². The highest BCUT2D eigenvalue weighted by atomic mass is 16.5. The first kappa shape index (κ1) is 11.2. The average Bonchev–Trinajstić information content (AvgIpc) is 2.97. The molecule has 3 unspecified atom stereocenters. The number of hydrogen-bond acceptors (Lipinski definition) is 5. The Labute approximate surface area is 100 Å². The molecular formula is C12H18N2O3. The molecule has 94 valence electrons. The highest BCUT2D eigenvalue weighted by Crippen LogP contribution is 2.37. The molecule has 1 aliphatic carbocycles. The number of aliphatic hydroxyl groups excluding tert-OH is 1. The zero-order chi connectivity index (χ0) is 11.9. The molecule has 1 N–H and O–H groups in total. The number of nitrogens with zero attached hydrogens (tertiary/aromatic N) is 2. The molecule has 0 bridgehead atoms. The van der Waals surface area contributed by atoms with Gasteiger partial charge in [-0.2, -0.15) is 4.98 Å². The summed E-state index contributed by atoms with van der Waals surface area (Å²) in [7, 11) is 0. The summed E-state index contributed by atoms with van der Waals surface area (Å²) in [5, 5.41) is 13.8. The predicted molar refractivity (Wildman–Crippen MR) is 59.4 cm³/mol. The second kappa shape index (κ2) is 4.07. The molecule has 5 heteroatoms. The molecule has 0 amide bonds. The van der Waals surface area contributed by atoms with Crippen LogP contribution in [0.4, 0.5) is 0 Å². The number of hydrogen-bond donors (Lipinski definition) is 1. The molecule has 0 radical (unpaired) electrons. The molecule has 2 aliphatic rings. The van der Waals surface area contributed by atoms with Crippen molar-refractivity contribution in [3.8, 4) is 0 Å². The minimum Gasteiger partial charge on any atom is -0.392 e. The lowest BCUT2D eigenvalue weighted by Crippen LogP contribution is -2.22. The maximum atomic E-state index is 9.82. The number of aromatic nitrogens is 2. The minimum absolute atomic E-state index is 0.0150. The highest BCUT2D eigenvalue weighted by molar-refractivity contribution is 5.06. The molecular weight excluding hydrogens is 220 g/mol. The molecule has 1 aromatic heterocycles. The van der Waals surface area contributed by atoms with E-state index in [1.54, 1.807) is 0 Å². The van der Waals surface area contributed by atoms with E-state index in [0.717, 1.165) is 38.7 Å². The van der Waals surface area contributed by atoms with E-state index in [4.69, 9.17) is 9.26 Å².